The van der Waals surface area contributed by atoms with E-state index in [0.29, 0.717) is 24.6 Å². The lowest BCUT2D eigenvalue weighted by Gasteiger charge is -2.20. The molecule has 0 unspecified atom stereocenters. The Bertz CT molecular complexity index is 1180. The molecule has 4 rings (SSSR count). The SMILES string of the molecule is Cc1cccc2nc(N[C@H]3CCN(C(=O)Cc4ccc(OC(F)(F)F)cc4)C3)nc(N(C)C)c12. The molecule has 1 fully saturated rings. The van der Waals surface area contributed by atoms with Crippen molar-refractivity contribution in [2.24, 2.45) is 0 Å². The van der Waals surface area contributed by atoms with Gasteiger partial charge in [0.15, 0.2) is 0 Å². The molecule has 10 heteroatoms. The third-order valence-corrected chi connectivity index (χ3v) is 5.72. The highest BCUT2D eigenvalue weighted by Gasteiger charge is 2.31. The van der Waals surface area contributed by atoms with E-state index in [4.69, 9.17) is 4.98 Å². The van der Waals surface area contributed by atoms with E-state index in [-0.39, 0.29) is 24.1 Å². The summed E-state index contributed by atoms with van der Waals surface area (Å²) < 4.78 is 40.8. The summed E-state index contributed by atoms with van der Waals surface area (Å²) in [5.41, 5.74) is 2.58. The minimum atomic E-state index is -4.74. The molecule has 0 bridgehead atoms. The summed E-state index contributed by atoms with van der Waals surface area (Å²) in [6.07, 6.45) is -3.89. The summed E-state index contributed by atoms with van der Waals surface area (Å²) in [5, 5.41) is 4.37. The number of carbonyl (C=O) groups is 1. The van der Waals surface area contributed by atoms with Crippen LogP contribution in [0.2, 0.25) is 0 Å². The fourth-order valence-corrected chi connectivity index (χ4v) is 4.10. The number of rotatable bonds is 6. The number of halogens is 3. The van der Waals surface area contributed by atoms with Crippen molar-refractivity contribution in [1.82, 2.24) is 14.9 Å². The fourth-order valence-electron chi connectivity index (χ4n) is 4.10. The van der Waals surface area contributed by atoms with Crippen LogP contribution in [0.4, 0.5) is 24.9 Å². The molecule has 3 aromatic rings. The summed E-state index contributed by atoms with van der Waals surface area (Å²) in [4.78, 5) is 25.8. The van der Waals surface area contributed by atoms with E-state index in [1.54, 1.807) is 4.90 Å². The molecular weight excluding hydrogens is 447 g/mol. The quantitative estimate of drug-likeness (QED) is 0.580. The Hall–Kier alpha value is -3.56. The molecule has 34 heavy (non-hydrogen) atoms. The number of amides is 1. The van der Waals surface area contributed by atoms with Gasteiger partial charge in [0, 0.05) is 38.6 Å². The lowest BCUT2D eigenvalue weighted by atomic mass is 10.1. The smallest absolute Gasteiger partial charge is 0.406 e. The summed E-state index contributed by atoms with van der Waals surface area (Å²) in [5.74, 6) is 0.950. The number of aromatic nitrogens is 2. The summed E-state index contributed by atoms with van der Waals surface area (Å²) in [7, 11) is 3.88. The van der Waals surface area contributed by atoms with Crippen LogP contribution in [0.15, 0.2) is 42.5 Å². The number of carbonyl (C=O) groups excluding carboxylic acids is 1. The molecule has 0 aliphatic carbocycles. The number of fused-ring (bicyclic) bond motifs is 1. The molecule has 0 radical (unpaired) electrons. The third kappa shape index (κ3) is 5.49. The number of hydrogen-bond acceptors (Lipinski definition) is 6. The summed E-state index contributed by atoms with van der Waals surface area (Å²) >= 11 is 0. The molecule has 1 saturated heterocycles. The van der Waals surface area contributed by atoms with Crippen molar-refractivity contribution in [3.63, 3.8) is 0 Å². The van der Waals surface area contributed by atoms with E-state index in [0.717, 1.165) is 28.7 Å². The minimum Gasteiger partial charge on any atom is -0.406 e. The maximum atomic E-state index is 12.7. The monoisotopic (exact) mass is 473 g/mol. The molecule has 1 aliphatic rings. The van der Waals surface area contributed by atoms with Gasteiger partial charge in [-0.05, 0) is 42.7 Å². The molecule has 7 nitrogen and oxygen atoms in total. The average molecular weight is 473 g/mol. The van der Waals surface area contributed by atoms with E-state index in [1.807, 2.05) is 44.1 Å². The number of anilines is 2. The van der Waals surface area contributed by atoms with Crippen LogP contribution in [0.3, 0.4) is 0 Å². The van der Waals surface area contributed by atoms with Gasteiger partial charge in [0.2, 0.25) is 11.9 Å². The van der Waals surface area contributed by atoms with Crippen molar-refractivity contribution >= 4 is 28.6 Å². The van der Waals surface area contributed by atoms with Crippen molar-refractivity contribution in [3.05, 3.63) is 53.6 Å². The second kappa shape index (κ2) is 9.36. The van der Waals surface area contributed by atoms with Gasteiger partial charge in [0.1, 0.15) is 11.6 Å². The number of alkyl halides is 3. The zero-order chi connectivity index (χ0) is 24.5. The lowest BCUT2D eigenvalue weighted by molar-refractivity contribution is -0.274. The zero-order valence-corrected chi connectivity index (χ0v) is 19.2. The van der Waals surface area contributed by atoms with E-state index >= 15 is 0 Å². The minimum absolute atomic E-state index is 0.00350. The van der Waals surface area contributed by atoms with Crippen LogP contribution in [-0.2, 0) is 11.2 Å². The standard InChI is InChI=1S/C24H26F3N5O2/c1-15-5-4-6-19-21(15)22(31(2)3)30-23(29-19)28-17-11-12-32(14-17)20(33)13-16-7-9-18(10-8-16)34-24(25,26)27/h4-10,17H,11-14H2,1-3H3,(H,28,29,30)/t17-/m0/s1. The number of benzene rings is 2. The normalized spacial score (nSPS) is 16.1. The van der Waals surface area contributed by atoms with Crippen molar-refractivity contribution < 1.29 is 22.7 Å². The molecule has 2 aromatic carbocycles. The predicted molar refractivity (Wildman–Crippen MR) is 124 cm³/mol. The van der Waals surface area contributed by atoms with Gasteiger partial charge < -0.3 is 19.9 Å². The van der Waals surface area contributed by atoms with Crippen LogP contribution >= 0.6 is 0 Å². The van der Waals surface area contributed by atoms with Crippen LogP contribution in [0, 0.1) is 6.92 Å². The second-order valence-electron chi connectivity index (χ2n) is 8.57. The van der Waals surface area contributed by atoms with Gasteiger partial charge in [-0.3, -0.25) is 4.79 Å². The van der Waals surface area contributed by atoms with E-state index in [9.17, 15) is 18.0 Å². The molecule has 2 heterocycles. The van der Waals surface area contributed by atoms with E-state index in [2.05, 4.69) is 15.0 Å². The van der Waals surface area contributed by atoms with Crippen LogP contribution in [0.5, 0.6) is 5.75 Å². The summed E-state index contributed by atoms with van der Waals surface area (Å²) in [6.45, 7) is 3.11. The number of ether oxygens (including phenoxy) is 1. The topological polar surface area (TPSA) is 70.6 Å². The highest BCUT2D eigenvalue weighted by Crippen LogP contribution is 2.28. The average Bonchev–Trinajstić information content (AvgIpc) is 3.22. The van der Waals surface area contributed by atoms with Gasteiger partial charge in [-0.2, -0.15) is 4.98 Å². The van der Waals surface area contributed by atoms with Crippen molar-refractivity contribution in [2.45, 2.75) is 32.2 Å². The van der Waals surface area contributed by atoms with Crippen LogP contribution < -0.4 is 15.0 Å². The number of nitrogens with zero attached hydrogens (tertiary/aromatic N) is 4. The van der Waals surface area contributed by atoms with Crippen molar-refractivity contribution in [2.75, 3.05) is 37.4 Å². The Morgan fingerprint density at radius 1 is 1.18 bits per heavy atom. The maximum Gasteiger partial charge on any atom is 0.573 e. The van der Waals surface area contributed by atoms with Crippen LogP contribution in [0.1, 0.15) is 17.5 Å². The van der Waals surface area contributed by atoms with Gasteiger partial charge in [0.25, 0.3) is 0 Å². The maximum absolute atomic E-state index is 12.7. The second-order valence-corrected chi connectivity index (χ2v) is 8.57. The first-order chi connectivity index (χ1) is 16.1. The molecule has 1 aliphatic heterocycles. The Labute approximate surface area is 195 Å². The highest BCUT2D eigenvalue weighted by molar-refractivity contribution is 5.93. The Kier molecular flexibility index (Phi) is 6.49. The zero-order valence-electron chi connectivity index (χ0n) is 19.2. The first-order valence-electron chi connectivity index (χ1n) is 10.9. The largest absolute Gasteiger partial charge is 0.573 e. The molecular formula is C24H26F3N5O2. The lowest BCUT2D eigenvalue weighted by Crippen LogP contribution is -2.33. The van der Waals surface area contributed by atoms with Crippen molar-refractivity contribution in [1.29, 1.82) is 0 Å². The Morgan fingerprint density at radius 3 is 2.59 bits per heavy atom. The molecule has 1 aromatic heterocycles. The molecule has 0 spiro atoms. The van der Waals surface area contributed by atoms with Gasteiger partial charge >= 0.3 is 6.36 Å². The Morgan fingerprint density at radius 2 is 1.91 bits per heavy atom. The number of hydrogen-bond donors (Lipinski definition) is 1. The predicted octanol–water partition coefficient (Wildman–Crippen LogP) is 4.16. The number of nitrogens with one attached hydrogen (secondary N) is 1. The van der Waals surface area contributed by atoms with Crippen molar-refractivity contribution in [3.8, 4) is 5.75 Å². The molecule has 0 saturated carbocycles. The third-order valence-electron chi connectivity index (χ3n) is 5.72. The Balaban J connectivity index is 1.39. The van der Waals surface area contributed by atoms with Crippen LogP contribution in [-0.4, -0.2) is 60.4 Å². The first kappa shape index (κ1) is 23.6. The van der Waals surface area contributed by atoms with Crippen LogP contribution in [0.25, 0.3) is 10.9 Å². The van der Waals surface area contributed by atoms with E-state index < -0.39 is 6.36 Å². The summed E-state index contributed by atoms with van der Waals surface area (Å²) in [6, 6.07) is 11.3. The van der Waals surface area contributed by atoms with Gasteiger partial charge in [-0.25, -0.2) is 4.98 Å². The first-order valence-corrected chi connectivity index (χ1v) is 10.9. The van der Waals surface area contributed by atoms with Gasteiger partial charge in [-0.15, -0.1) is 13.2 Å². The number of aryl methyl sites for hydroxylation is 1. The molecule has 1 N–H and O–H groups in total. The van der Waals surface area contributed by atoms with E-state index in [1.165, 1.54) is 24.3 Å². The van der Waals surface area contributed by atoms with Gasteiger partial charge in [-0.1, -0.05) is 24.3 Å². The number of likely N-dealkylation sites (tertiary alicyclic amines) is 1. The van der Waals surface area contributed by atoms with Gasteiger partial charge in [0.05, 0.1) is 11.9 Å². The highest BCUT2D eigenvalue weighted by atomic mass is 19.4. The fraction of sp³-hybridized carbons (Fsp3) is 0.375. The molecule has 1 amide bonds. The molecule has 1 atom stereocenters. The molecule has 180 valence electrons.